The molecule has 1 unspecified atom stereocenters. The fraction of sp³-hybridized carbons (Fsp3) is 0.357. The van der Waals surface area contributed by atoms with Gasteiger partial charge in [0.05, 0.1) is 18.1 Å². The molecule has 0 bridgehead atoms. The predicted molar refractivity (Wildman–Crippen MR) is 135 cm³/mol. The van der Waals surface area contributed by atoms with Gasteiger partial charge in [0.1, 0.15) is 5.54 Å². The van der Waals surface area contributed by atoms with Gasteiger partial charge in [0.25, 0.3) is 5.92 Å². The third-order valence-electron chi connectivity index (χ3n) is 6.81. The summed E-state index contributed by atoms with van der Waals surface area (Å²) in [6, 6.07) is 9.14. The number of ketones is 1. The van der Waals surface area contributed by atoms with Gasteiger partial charge in [-0.3, -0.25) is 14.6 Å². The lowest BCUT2D eigenvalue weighted by Crippen LogP contribution is -2.46. The van der Waals surface area contributed by atoms with Crippen LogP contribution in [0, 0.1) is 17.2 Å². The minimum atomic E-state index is -3.12. The molecule has 0 N–H and O–H groups in total. The van der Waals surface area contributed by atoms with Crippen LogP contribution in [0.15, 0.2) is 59.8 Å². The Labute approximate surface area is 213 Å². The van der Waals surface area contributed by atoms with E-state index in [1.807, 2.05) is 48.6 Å². The van der Waals surface area contributed by atoms with Crippen molar-refractivity contribution in [2.75, 3.05) is 6.54 Å². The molecule has 1 aliphatic carbocycles. The maximum atomic E-state index is 14.1. The van der Waals surface area contributed by atoms with Crippen LogP contribution in [0.25, 0.3) is 17.0 Å². The summed E-state index contributed by atoms with van der Waals surface area (Å²) < 4.78 is 28.1. The first-order valence-electron chi connectivity index (χ1n) is 11.9. The molecule has 0 spiro atoms. The number of amides is 1. The molecule has 5 nitrogen and oxygen atoms in total. The number of fused-ring (bicyclic) bond motifs is 1. The van der Waals surface area contributed by atoms with Crippen LogP contribution in [0.5, 0.6) is 0 Å². The van der Waals surface area contributed by atoms with Crippen molar-refractivity contribution in [3.05, 3.63) is 70.9 Å². The zero-order valence-electron chi connectivity index (χ0n) is 19.9. The largest absolute Gasteiger partial charge is 0.318 e. The molecule has 2 atom stereocenters. The van der Waals surface area contributed by atoms with Crippen molar-refractivity contribution >= 4 is 40.3 Å². The molecule has 1 aromatic carbocycles. The molecule has 2 aliphatic rings. The van der Waals surface area contributed by atoms with E-state index in [0.717, 1.165) is 21.9 Å². The van der Waals surface area contributed by atoms with Gasteiger partial charge in [-0.25, -0.2) is 8.78 Å². The van der Waals surface area contributed by atoms with Crippen molar-refractivity contribution in [1.29, 1.82) is 5.26 Å². The average molecular weight is 510 g/mol. The summed E-state index contributed by atoms with van der Waals surface area (Å²) in [5.74, 6) is -3.78. The first kappa shape index (κ1) is 25.7. The zero-order valence-corrected chi connectivity index (χ0v) is 20.6. The lowest BCUT2D eigenvalue weighted by Gasteiger charge is -2.30. The minimum Gasteiger partial charge on any atom is -0.318 e. The normalized spacial score (nSPS) is 23.1. The van der Waals surface area contributed by atoms with Crippen molar-refractivity contribution in [2.24, 2.45) is 5.92 Å². The first-order valence-corrected chi connectivity index (χ1v) is 12.3. The maximum absolute atomic E-state index is 14.1. The summed E-state index contributed by atoms with van der Waals surface area (Å²) in [7, 11) is 0. The number of hydrogen-bond donors (Lipinski definition) is 0. The van der Waals surface area contributed by atoms with Gasteiger partial charge in [-0.05, 0) is 48.6 Å². The number of nitrogens with zero attached hydrogens (tertiary/aromatic N) is 3. The maximum Gasteiger partial charge on any atom is 0.268 e. The quantitative estimate of drug-likeness (QED) is 0.402. The number of likely N-dealkylation sites (tertiary alicyclic amines) is 1. The van der Waals surface area contributed by atoms with E-state index in [-0.39, 0.29) is 31.0 Å². The topological polar surface area (TPSA) is 74.1 Å². The first-order chi connectivity index (χ1) is 17.2. The predicted octanol–water partition coefficient (Wildman–Crippen LogP) is 6.45. The van der Waals surface area contributed by atoms with Crippen LogP contribution in [0.1, 0.15) is 54.9 Å². The van der Waals surface area contributed by atoms with Crippen molar-refractivity contribution in [2.45, 2.75) is 50.5 Å². The van der Waals surface area contributed by atoms with Crippen LogP contribution in [0.3, 0.4) is 0 Å². The van der Waals surface area contributed by atoms with E-state index in [0.29, 0.717) is 16.5 Å². The van der Waals surface area contributed by atoms with Gasteiger partial charge in [-0.2, -0.15) is 5.26 Å². The van der Waals surface area contributed by atoms with Gasteiger partial charge in [0.2, 0.25) is 5.91 Å². The second-order valence-corrected chi connectivity index (χ2v) is 9.71. The highest BCUT2D eigenvalue weighted by Gasteiger charge is 2.56. The Bertz CT molecular complexity index is 1330. The average Bonchev–Trinajstić information content (AvgIpc) is 3.17. The summed E-state index contributed by atoms with van der Waals surface area (Å²) in [6.07, 6.45) is 11.3. The SMILES string of the molecule is CC[C@@]1(C#N)CC(F)(F)CN1C(=O)CCC(=O)c1ccnc2ccc(/C=C/C3C=CC(Cl)=CC3)cc12. The van der Waals surface area contributed by atoms with Gasteiger partial charge in [-0.15, -0.1) is 0 Å². The standard InChI is InChI=1S/C28H26ClF2N3O2/c1-2-27(17-32)16-28(30,31)18-34(27)26(36)12-11-25(35)22-13-14-33-24-10-7-20(15-23(22)24)4-3-19-5-8-21(29)9-6-19/h3-5,7-10,13-15,19H,2,6,11-12,16,18H2,1H3/b4-3+/t19?,27-/m0/s1. The van der Waals surface area contributed by atoms with Gasteiger partial charge in [0.15, 0.2) is 5.78 Å². The molecule has 2 heterocycles. The third kappa shape index (κ3) is 5.39. The van der Waals surface area contributed by atoms with Gasteiger partial charge in [-0.1, -0.05) is 48.9 Å². The van der Waals surface area contributed by atoms with Gasteiger partial charge >= 0.3 is 0 Å². The van der Waals surface area contributed by atoms with Crippen LogP contribution in [0.2, 0.25) is 0 Å². The van der Waals surface area contributed by atoms with Crippen LogP contribution in [0.4, 0.5) is 8.78 Å². The Morgan fingerprint density at radius 3 is 2.81 bits per heavy atom. The molecule has 1 saturated heterocycles. The Morgan fingerprint density at radius 2 is 2.11 bits per heavy atom. The highest BCUT2D eigenvalue weighted by Crippen LogP contribution is 2.41. The van der Waals surface area contributed by atoms with E-state index in [1.54, 1.807) is 13.0 Å². The summed E-state index contributed by atoms with van der Waals surface area (Å²) in [5, 5.41) is 10.9. The van der Waals surface area contributed by atoms with Gasteiger partial charge in [0, 0.05) is 41.4 Å². The molecular formula is C28H26ClF2N3O2. The highest BCUT2D eigenvalue weighted by molar-refractivity contribution is 6.31. The number of Topliss-reactive ketones (excluding diaryl/α,β-unsaturated/α-hetero) is 1. The Hall–Kier alpha value is -3.37. The molecule has 0 radical (unpaired) electrons. The van der Waals surface area contributed by atoms with E-state index < -0.39 is 30.3 Å². The van der Waals surface area contributed by atoms with Crippen molar-refractivity contribution in [3.8, 4) is 6.07 Å². The number of carbonyl (C=O) groups is 2. The molecule has 8 heteroatoms. The number of aromatic nitrogens is 1. The second kappa shape index (κ2) is 10.3. The number of hydrogen-bond acceptors (Lipinski definition) is 4. The van der Waals surface area contributed by atoms with Crippen LogP contribution in [-0.2, 0) is 4.79 Å². The molecule has 0 saturated carbocycles. The second-order valence-electron chi connectivity index (χ2n) is 9.27. The Morgan fingerprint density at radius 1 is 1.31 bits per heavy atom. The monoisotopic (exact) mass is 509 g/mol. The van der Waals surface area contributed by atoms with Crippen LogP contribution in [-0.4, -0.2) is 39.6 Å². The number of alkyl halides is 2. The molecule has 1 amide bonds. The number of benzene rings is 1. The lowest BCUT2D eigenvalue weighted by atomic mass is 9.93. The van der Waals surface area contributed by atoms with E-state index in [2.05, 4.69) is 11.1 Å². The summed E-state index contributed by atoms with van der Waals surface area (Å²) in [5.41, 5.74) is 0.424. The van der Waals surface area contributed by atoms with E-state index >= 15 is 0 Å². The molecule has 2 aromatic rings. The Kier molecular flexibility index (Phi) is 7.37. The zero-order chi connectivity index (χ0) is 25.9. The van der Waals surface area contributed by atoms with Crippen molar-refractivity contribution in [1.82, 2.24) is 9.88 Å². The van der Waals surface area contributed by atoms with Crippen LogP contribution < -0.4 is 0 Å². The molecule has 1 aromatic heterocycles. The number of rotatable bonds is 7. The molecule has 1 fully saturated rings. The van der Waals surface area contributed by atoms with E-state index in [1.165, 1.54) is 6.20 Å². The fourth-order valence-electron chi connectivity index (χ4n) is 4.77. The number of carbonyl (C=O) groups excluding carboxylic acids is 2. The molecule has 4 rings (SSSR count). The molecule has 186 valence electrons. The van der Waals surface area contributed by atoms with E-state index in [4.69, 9.17) is 11.6 Å². The molecule has 36 heavy (non-hydrogen) atoms. The van der Waals surface area contributed by atoms with Crippen molar-refractivity contribution in [3.63, 3.8) is 0 Å². The minimum absolute atomic E-state index is 0.101. The molecular weight excluding hydrogens is 484 g/mol. The highest BCUT2D eigenvalue weighted by atomic mass is 35.5. The van der Waals surface area contributed by atoms with Gasteiger partial charge < -0.3 is 4.90 Å². The number of nitriles is 1. The summed E-state index contributed by atoms with van der Waals surface area (Å²) in [6.45, 7) is 0.815. The third-order valence-corrected chi connectivity index (χ3v) is 7.09. The Balaban J connectivity index is 1.49. The number of pyridine rings is 1. The molecule has 1 aliphatic heterocycles. The van der Waals surface area contributed by atoms with Crippen LogP contribution >= 0.6 is 11.6 Å². The lowest BCUT2D eigenvalue weighted by molar-refractivity contribution is -0.134. The number of allylic oxidation sites excluding steroid dienone is 5. The summed E-state index contributed by atoms with van der Waals surface area (Å²) >= 11 is 5.97. The number of halogens is 3. The van der Waals surface area contributed by atoms with E-state index in [9.17, 15) is 23.6 Å². The smallest absolute Gasteiger partial charge is 0.268 e. The van der Waals surface area contributed by atoms with Crippen molar-refractivity contribution < 1.29 is 18.4 Å². The fourth-order valence-corrected chi connectivity index (χ4v) is 4.93. The summed E-state index contributed by atoms with van der Waals surface area (Å²) in [4.78, 5) is 31.2.